The van der Waals surface area contributed by atoms with E-state index in [0.717, 1.165) is 5.56 Å². The molecule has 3 N–H and O–H groups in total. The maximum absolute atomic E-state index is 10.2. The molecule has 0 atom stereocenters. The summed E-state index contributed by atoms with van der Waals surface area (Å²) in [6, 6.07) is 1.89. The molecule has 3 nitrogen and oxygen atoms in total. The maximum atomic E-state index is 10.2. The van der Waals surface area contributed by atoms with Crippen molar-refractivity contribution in [1.82, 2.24) is 4.57 Å². The molecular formula is C10H18N2O. The van der Waals surface area contributed by atoms with Gasteiger partial charge >= 0.3 is 0 Å². The van der Waals surface area contributed by atoms with Crippen LogP contribution in [0.3, 0.4) is 0 Å². The van der Waals surface area contributed by atoms with E-state index in [1.54, 1.807) is 0 Å². The van der Waals surface area contributed by atoms with Crippen molar-refractivity contribution < 1.29 is 5.11 Å². The predicted molar refractivity (Wildman–Crippen MR) is 54.3 cm³/mol. The molecule has 1 aromatic rings. The highest BCUT2D eigenvalue weighted by atomic mass is 16.3. The van der Waals surface area contributed by atoms with Crippen LogP contribution in [-0.4, -0.2) is 9.67 Å². The van der Waals surface area contributed by atoms with Crippen LogP contribution in [-0.2, 0) is 12.6 Å². The second kappa shape index (κ2) is 3.42. The first kappa shape index (κ1) is 10.1. The van der Waals surface area contributed by atoms with Crippen molar-refractivity contribution in [1.29, 1.82) is 0 Å². The first-order valence-corrected chi connectivity index (χ1v) is 4.68. The van der Waals surface area contributed by atoms with Crippen LogP contribution in [0.2, 0.25) is 0 Å². The molecule has 0 aromatic carbocycles. The molecule has 0 unspecified atom stereocenters. The van der Waals surface area contributed by atoms with Gasteiger partial charge in [0.1, 0.15) is 5.82 Å². The zero-order valence-corrected chi connectivity index (χ0v) is 8.54. The number of aryl methyl sites for hydroxylation is 1. The monoisotopic (exact) mass is 182 g/mol. The summed E-state index contributed by atoms with van der Waals surface area (Å²) in [5, 5.41) is 10.2. The molecule has 0 aliphatic heterocycles. The zero-order valence-electron chi connectivity index (χ0n) is 8.54. The van der Waals surface area contributed by atoms with Crippen LogP contribution in [0.1, 0.15) is 32.3 Å². The van der Waals surface area contributed by atoms with Gasteiger partial charge in [0.25, 0.3) is 0 Å². The molecule has 0 fully saturated rings. The van der Waals surface area contributed by atoms with E-state index in [1.165, 1.54) is 0 Å². The number of aromatic nitrogens is 1. The van der Waals surface area contributed by atoms with Crippen molar-refractivity contribution in [3.05, 3.63) is 17.8 Å². The highest BCUT2D eigenvalue weighted by Crippen LogP contribution is 2.32. The van der Waals surface area contributed by atoms with Crippen molar-refractivity contribution in [2.24, 2.45) is 7.05 Å². The molecule has 74 valence electrons. The summed E-state index contributed by atoms with van der Waals surface area (Å²) in [5.41, 5.74) is 5.93. The van der Waals surface area contributed by atoms with Gasteiger partial charge in [-0.25, -0.2) is 0 Å². The summed E-state index contributed by atoms with van der Waals surface area (Å²) in [5.74, 6) is 0.659. The summed E-state index contributed by atoms with van der Waals surface area (Å²) < 4.78 is 1.83. The number of nitrogens with zero attached hydrogens (tertiary/aromatic N) is 1. The molecule has 0 amide bonds. The Hall–Kier alpha value is -0.960. The summed E-state index contributed by atoms with van der Waals surface area (Å²) in [6.07, 6.45) is 3.26. The minimum Gasteiger partial charge on any atom is -0.385 e. The average molecular weight is 182 g/mol. The van der Waals surface area contributed by atoms with Gasteiger partial charge in [-0.05, 0) is 18.9 Å². The normalized spacial score (nSPS) is 12.0. The van der Waals surface area contributed by atoms with E-state index < -0.39 is 5.60 Å². The molecule has 13 heavy (non-hydrogen) atoms. The molecule has 3 heteroatoms. The van der Waals surface area contributed by atoms with E-state index in [4.69, 9.17) is 5.73 Å². The minimum atomic E-state index is -0.759. The van der Waals surface area contributed by atoms with E-state index in [9.17, 15) is 5.11 Å². The van der Waals surface area contributed by atoms with Crippen LogP contribution in [0.5, 0.6) is 0 Å². The Kier molecular flexibility index (Phi) is 2.66. The van der Waals surface area contributed by atoms with E-state index in [1.807, 2.05) is 37.7 Å². The van der Waals surface area contributed by atoms with Gasteiger partial charge in [0.15, 0.2) is 0 Å². The maximum Gasteiger partial charge on any atom is 0.109 e. The van der Waals surface area contributed by atoms with Crippen molar-refractivity contribution >= 4 is 5.82 Å². The summed E-state index contributed by atoms with van der Waals surface area (Å²) in [4.78, 5) is 0. The Bertz CT molecular complexity index is 287. The molecule has 1 heterocycles. The lowest BCUT2D eigenvalue weighted by Gasteiger charge is -2.25. The summed E-state index contributed by atoms with van der Waals surface area (Å²) in [6.45, 7) is 3.94. The van der Waals surface area contributed by atoms with Crippen molar-refractivity contribution in [3.8, 4) is 0 Å². The number of nitrogen functional groups attached to an aromatic ring is 1. The molecule has 1 aromatic heterocycles. The number of hydrogen-bond donors (Lipinski definition) is 2. The van der Waals surface area contributed by atoms with E-state index in [2.05, 4.69) is 0 Å². The summed E-state index contributed by atoms with van der Waals surface area (Å²) in [7, 11) is 1.88. The standard InChI is InChI=1S/C10H18N2O/c1-4-10(13,5-2)8-6-7-12(3)9(8)11/h6-7,13H,4-5,11H2,1-3H3. The predicted octanol–water partition coefficient (Wildman–Crippen LogP) is 1.61. The van der Waals surface area contributed by atoms with Gasteiger partial charge in [0, 0.05) is 18.8 Å². The molecule has 0 saturated heterocycles. The fourth-order valence-corrected chi connectivity index (χ4v) is 1.57. The molecule has 0 aliphatic rings. The highest BCUT2D eigenvalue weighted by molar-refractivity contribution is 5.45. The van der Waals surface area contributed by atoms with Gasteiger partial charge in [-0.1, -0.05) is 13.8 Å². The molecule has 1 rings (SSSR count). The minimum absolute atomic E-state index is 0.659. The number of rotatable bonds is 3. The quantitative estimate of drug-likeness (QED) is 0.746. The fourth-order valence-electron chi connectivity index (χ4n) is 1.57. The molecule has 0 bridgehead atoms. The zero-order chi connectivity index (χ0) is 10.1. The van der Waals surface area contributed by atoms with Crippen LogP contribution in [0, 0.1) is 0 Å². The second-order valence-electron chi connectivity index (χ2n) is 3.46. The van der Waals surface area contributed by atoms with Crippen LogP contribution in [0.4, 0.5) is 5.82 Å². The molecular weight excluding hydrogens is 164 g/mol. The first-order valence-electron chi connectivity index (χ1n) is 4.68. The van der Waals surface area contributed by atoms with Crippen LogP contribution < -0.4 is 5.73 Å². The Morgan fingerprint density at radius 2 is 2.00 bits per heavy atom. The fraction of sp³-hybridized carbons (Fsp3) is 0.600. The topological polar surface area (TPSA) is 51.2 Å². The summed E-state index contributed by atoms with van der Waals surface area (Å²) >= 11 is 0. The number of hydrogen-bond acceptors (Lipinski definition) is 2. The smallest absolute Gasteiger partial charge is 0.109 e. The Morgan fingerprint density at radius 3 is 2.31 bits per heavy atom. The third-order valence-corrected chi connectivity index (χ3v) is 2.79. The van der Waals surface area contributed by atoms with Gasteiger partial charge in [0.2, 0.25) is 0 Å². The van der Waals surface area contributed by atoms with Gasteiger partial charge < -0.3 is 15.4 Å². The number of nitrogens with two attached hydrogens (primary N) is 1. The van der Waals surface area contributed by atoms with Crippen molar-refractivity contribution in [3.63, 3.8) is 0 Å². The lowest BCUT2D eigenvalue weighted by Crippen LogP contribution is -2.24. The lowest BCUT2D eigenvalue weighted by atomic mass is 9.90. The van der Waals surface area contributed by atoms with Gasteiger partial charge in [-0.15, -0.1) is 0 Å². The number of anilines is 1. The SMILES string of the molecule is CCC(O)(CC)c1ccn(C)c1N. The van der Waals surface area contributed by atoms with E-state index in [-0.39, 0.29) is 0 Å². The number of aliphatic hydroxyl groups is 1. The highest BCUT2D eigenvalue weighted by Gasteiger charge is 2.28. The van der Waals surface area contributed by atoms with Crippen molar-refractivity contribution in [2.45, 2.75) is 32.3 Å². The Morgan fingerprint density at radius 1 is 1.46 bits per heavy atom. The van der Waals surface area contributed by atoms with Crippen LogP contribution >= 0.6 is 0 Å². The Balaban J connectivity index is 3.12. The van der Waals surface area contributed by atoms with Crippen molar-refractivity contribution in [2.75, 3.05) is 5.73 Å². The van der Waals surface area contributed by atoms with Gasteiger partial charge in [-0.2, -0.15) is 0 Å². The second-order valence-corrected chi connectivity index (χ2v) is 3.46. The van der Waals surface area contributed by atoms with E-state index in [0.29, 0.717) is 18.7 Å². The lowest BCUT2D eigenvalue weighted by molar-refractivity contribution is 0.0292. The third-order valence-electron chi connectivity index (χ3n) is 2.79. The first-order chi connectivity index (χ1) is 6.05. The third kappa shape index (κ3) is 1.56. The van der Waals surface area contributed by atoms with Crippen LogP contribution in [0.25, 0.3) is 0 Å². The molecule has 0 aliphatic carbocycles. The van der Waals surface area contributed by atoms with Gasteiger partial charge in [-0.3, -0.25) is 0 Å². The van der Waals surface area contributed by atoms with E-state index >= 15 is 0 Å². The molecule has 0 spiro atoms. The largest absolute Gasteiger partial charge is 0.385 e. The van der Waals surface area contributed by atoms with Crippen LogP contribution in [0.15, 0.2) is 12.3 Å². The van der Waals surface area contributed by atoms with Gasteiger partial charge in [0.05, 0.1) is 5.60 Å². The average Bonchev–Trinajstić information content (AvgIpc) is 2.47. The Labute approximate surface area is 79.2 Å². The molecule has 0 saturated carbocycles. The molecule has 0 radical (unpaired) electrons.